The van der Waals surface area contributed by atoms with Crippen molar-refractivity contribution in [1.82, 2.24) is 10.2 Å². The second-order valence-corrected chi connectivity index (χ2v) is 8.47. The van der Waals surface area contributed by atoms with Gasteiger partial charge in [-0.1, -0.05) is 29.8 Å². The van der Waals surface area contributed by atoms with Gasteiger partial charge in [0.25, 0.3) is 0 Å². The molecule has 3 aliphatic rings. The molecule has 0 radical (unpaired) electrons. The first kappa shape index (κ1) is 18.9. The molecule has 2 fully saturated rings. The normalized spacial score (nSPS) is 25.9. The number of anilines is 2. The average Bonchev–Trinajstić information content (AvgIpc) is 2.76. The molecule has 2 atom stereocenters. The van der Waals surface area contributed by atoms with Crippen LogP contribution in [0.5, 0.6) is 0 Å². The summed E-state index contributed by atoms with van der Waals surface area (Å²) in [4.78, 5) is 44.2. The van der Waals surface area contributed by atoms with Crippen molar-refractivity contribution >= 4 is 40.8 Å². The number of rotatable bonds is 1. The van der Waals surface area contributed by atoms with Gasteiger partial charge < -0.3 is 9.80 Å². The Bertz CT molecular complexity index is 1060. The number of fused-ring (bicyclic) bond motifs is 4. The molecule has 1 N–H and O–H groups in total. The van der Waals surface area contributed by atoms with Crippen molar-refractivity contribution in [3.8, 4) is 0 Å². The summed E-state index contributed by atoms with van der Waals surface area (Å²) in [6.07, 6.45) is 0.265. The van der Waals surface area contributed by atoms with E-state index in [0.717, 1.165) is 28.4 Å². The smallest absolute Gasteiger partial charge is 0.330 e. The van der Waals surface area contributed by atoms with Gasteiger partial charge >= 0.3 is 6.03 Å². The van der Waals surface area contributed by atoms with Gasteiger partial charge in [0.1, 0.15) is 0 Å². The van der Waals surface area contributed by atoms with E-state index >= 15 is 0 Å². The molecular weight excluding hydrogens is 404 g/mol. The maximum atomic E-state index is 13.5. The summed E-state index contributed by atoms with van der Waals surface area (Å²) in [6.45, 7) is 1.88. The summed E-state index contributed by atoms with van der Waals surface area (Å²) in [5, 5.41) is 3.07. The van der Waals surface area contributed by atoms with Crippen molar-refractivity contribution in [3.05, 3.63) is 59.1 Å². The molecule has 2 aromatic carbocycles. The highest BCUT2D eigenvalue weighted by Crippen LogP contribution is 2.45. The topological polar surface area (TPSA) is 73.0 Å². The number of barbiturate groups is 1. The van der Waals surface area contributed by atoms with E-state index in [2.05, 4.69) is 15.1 Å². The van der Waals surface area contributed by atoms with Gasteiger partial charge in [-0.3, -0.25) is 19.8 Å². The summed E-state index contributed by atoms with van der Waals surface area (Å²) in [6, 6.07) is 14.4. The number of urea groups is 1. The van der Waals surface area contributed by atoms with Crippen molar-refractivity contribution in [1.29, 1.82) is 0 Å². The van der Waals surface area contributed by atoms with E-state index in [0.29, 0.717) is 18.1 Å². The number of hydrogen-bond acceptors (Lipinski definition) is 5. The van der Waals surface area contributed by atoms with E-state index < -0.39 is 29.3 Å². The molecule has 2 saturated heterocycles. The lowest BCUT2D eigenvalue weighted by atomic mass is 9.67. The largest absolute Gasteiger partial charge is 0.368 e. The van der Waals surface area contributed by atoms with E-state index in [1.807, 2.05) is 48.5 Å². The number of imide groups is 2. The first-order valence-electron chi connectivity index (χ1n) is 9.90. The van der Waals surface area contributed by atoms with Gasteiger partial charge in [-0.2, -0.15) is 0 Å². The Hall–Kier alpha value is -3.06. The molecule has 4 amide bonds. The highest BCUT2D eigenvalue weighted by Gasteiger charge is 2.62. The number of carbonyl (C=O) groups is 3. The summed E-state index contributed by atoms with van der Waals surface area (Å²) in [5.74, 6) is -0.961. The lowest BCUT2D eigenvalue weighted by Gasteiger charge is -2.55. The van der Waals surface area contributed by atoms with Crippen LogP contribution in [-0.2, 0) is 16.0 Å². The van der Waals surface area contributed by atoms with Gasteiger partial charge in [-0.15, -0.1) is 0 Å². The van der Waals surface area contributed by atoms with Crippen LogP contribution in [0.3, 0.4) is 0 Å². The molecule has 7 nitrogen and oxygen atoms in total. The number of nitrogens with one attached hydrogen (secondary N) is 1. The Labute approximate surface area is 179 Å². The quantitative estimate of drug-likeness (QED) is 0.711. The Balaban J connectivity index is 1.61. The van der Waals surface area contributed by atoms with Gasteiger partial charge in [-0.05, 0) is 42.3 Å². The molecule has 0 saturated carbocycles. The number of carbonyl (C=O) groups excluding carboxylic acids is 3. The van der Waals surface area contributed by atoms with Crippen LogP contribution in [0.15, 0.2) is 48.5 Å². The zero-order chi connectivity index (χ0) is 21.0. The third-order valence-electron chi connectivity index (χ3n) is 6.53. The van der Waals surface area contributed by atoms with Gasteiger partial charge in [-0.25, -0.2) is 4.79 Å². The lowest BCUT2D eigenvalue weighted by Crippen LogP contribution is -2.74. The second-order valence-electron chi connectivity index (χ2n) is 8.03. The third-order valence-corrected chi connectivity index (χ3v) is 6.78. The molecule has 8 heteroatoms. The number of hydrogen-bond donors (Lipinski definition) is 1. The average molecular weight is 425 g/mol. The van der Waals surface area contributed by atoms with Crippen molar-refractivity contribution in [2.75, 3.05) is 36.5 Å². The predicted octanol–water partition coefficient (Wildman–Crippen LogP) is 2.29. The minimum absolute atomic E-state index is 0.265. The zero-order valence-corrected chi connectivity index (χ0v) is 17.2. The number of para-hydroxylation sites is 1. The summed E-state index contributed by atoms with van der Waals surface area (Å²) in [7, 11) is 1.43. The first-order valence-corrected chi connectivity index (χ1v) is 10.3. The van der Waals surface area contributed by atoms with Crippen LogP contribution < -0.4 is 15.1 Å². The fraction of sp³-hybridized carbons (Fsp3) is 0.318. The summed E-state index contributed by atoms with van der Waals surface area (Å²) >= 11 is 6.04. The Morgan fingerprint density at radius 1 is 1.03 bits per heavy atom. The molecule has 3 aliphatic heterocycles. The zero-order valence-electron chi connectivity index (χ0n) is 16.5. The molecule has 0 bridgehead atoms. The van der Waals surface area contributed by atoms with E-state index in [-0.39, 0.29) is 6.42 Å². The second kappa shape index (κ2) is 6.74. The summed E-state index contributed by atoms with van der Waals surface area (Å²) < 4.78 is 0. The number of benzene rings is 2. The Morgan fingerprint density at radius 2 is 1.77 bits per heavy atom. The van der Waals surface area contributed by atoms with Crippen molar-refractivity contribution < 1.29 is 14.4 Å². The van der Waals surface area contributed by atoms with Crippen LogP contribution in [0.4, 0.5) is 16.2 Å². The van der Waals surface area contributed by atoms with E-state index in [9.17, 15) is 14.4 Å². The molecular formula is C22H21ClN4O3. The monoisotopic (exact) mass is 424 g/mol. The first-order chi connectivity index (χ1) is 14.4. The van der Waals surface area contributed by atoms with Crippen LogP contribution in [0, 0.1) is 5.41 Å². The van der Waals surface area contributed by atoms with Crippen LogP contribution in [0.2, 0.25) is 5.02 Å². The SMILES string of the molecule is CN1C(=O)NC(=O)[C@]2(Cc3ccccc3N3CCN(c4ccc(Cl)cc4)C[C@H]32)C1=O. The minimum atomic E-state index is -1.36. The number of halogens is 1. The molecule has 30 heavy (non-hydrogen) atoms. The standard InChI is InChI=1S/C22H21ClN4O3/c1-25-20(29)22(19(28)24-21(25)30)12-14-4-2-3-5-17(14)27-11-10-26(13-18(22)27)16-8-6-15(23)7-9-16/h2-9,18H,10-13H2,1H3,(H,24,28,30)/t18-,22+/m0/s1. The fourth-order valence-corrected chi connectivity index (χ4v) is 5.10. The minimum Gasteiger partial charge on any atom is -0.368 e. The van der Waals surface area contributed by atoms with Crippen molar-refractivity contribution in [3.63, 3.8) is 0 Å². The maximum absolute atomic E-state index is 13.5. The van der Waals surface area contributed by atoms with Gasteiger partial charge in [0.05, 0.1) is 6.04 Å². The van der Waals surface area contributed by atoms with Gasteiger partial charge in [0.2, 0.25) is 11.8 Å². The molecule has 0 aromatic heterocycles. The van der Waals surface area contributed by atoms with Crippen molar-refractivity contribution in [2.24, 2.45) is 5.41 Å². The fourth-order valence-electron chi connectivity index (χ4n) is 4.97. The van der Waals surface area contributed by atoms with E-state index in [4.69, 9.17) is 11.6 Å². The summed E-state index contributed by atoms with van der Waals surface area (Å²) in [5.41, 5.74) is 1.62. The van der Waals surface area contributed by atoms with Crippen LogP contribution in [0.1, 0.15) is 5.56 Å². The Kier molecular flexibility index (Phi) is 4.25. The van der Waals surface area contributed by atoms with E-state index in [1.165, 1.54) is 7.05 Å². The molecule has 0 unspecified atom stereocenters. The maximum Gasteiger partial charge on any atom is 0.330 e. The van der Waals surface area contributed by atoms with Gasteiger partial charge in [0.15, 0.2) is 5.41 Å². The molecule has 3 heterocycles. The molecule has 154 valence electrons. The number of piperazine rings is 1. The van der Waals surface area contributed by atoms with E-state index in [1.54, 1.807) is 0 Å². The predicted molar refractivity (Wildman–Crippen MR) is 114 cm³/mol. The molecule has 1 spiro atoms. The van der Waals surface area contributed by atoms with Crippen molar-refractivity contribution in [2.45, 2.75) is 12.5 Å². The molecule has 0 aliphatic carbocycles. The lowest BCUT2D eigenvalue weighted by molar-refractivity contribution is -0.152. The molecule has 2 aromatic rings. The number of nitrogens with zero attached hydrogens (tertiary/aromatic N) is 3. The highest BCUT2D eigenvalue weighted by atomic mass is 35.5. The molecule has 5 rings (SSSR count). The van der Waals surface area contributed by atoms with Crippen LogP contribution >= 0.6 is 11.6 Å². The number of amides is 4. The van der Waals surface area contributed by atoms with Crippen LogP contribution in [0.25, 0.3) is 0 Å². The van der Waals surface area contributed by atoms with Gasteiger partial charge in [0, 0.05) is 43.1 Å². The Morgan fingerprint density at radius 3 is 2.53 bits per heavy atom. The van der Waals surface area contributed by atoms with Crippen LogP contribution in [-0.4, -0.2) is 55.5 Å². The third kappa shape index (κ3) is 2.61. The highest BCUT2D eigenvalue weighted by molar-refractivity contribution is 6.30.